The Hall–Kier alpha value is -1.27. The zero-order valence-electron chi connectivity index (χ0n) is 11.8. The topological polar surface area (TPSA) is 64.9 Å². The molecule has 2 unspecified atom stereocenters. The van der Waals surface area contributed by atoms with Crippen LogP contribution in [0.1, 0.15) is 38.5 Å². The maximum absolute atomic E-state index is 13.3. The molecule has 21 heavy (non-hydrogen) atoms. The maximum Gasteiger partial charge on any atom is 0.234 e. The van der Waals surface area contributed by atoms with Crippen molar-refractivity contribution < 1.29 is 8.91 Å². The van der Waals surface area contributed by atoms with E-state index in [-0.39, 0.29) is 17.3 Å². The summed E-state index contributed by atoms with van der Waals surface area (Å²) in [6, 6.07) is 4.69. The summed E-state index contributed by atoms with van der Waals surface area (Å²) >= 11 is 3.17. The molecule has 1 aliphatic rings. The smallest absolute Gasteiger partial charge is 0.234 e. The molecule has 4 nitrogen and oxygen atoms in total. The highest BCUT2D eigenvalue weighted by atomic mass is 79.9. The first-order chi connectivity index (χ1) is 10.0. The maximum atomic E-state index is 13.3. The minimum Gasteiger partial charge on any atom is -0.338 e. The standard InChI is InChI=1S/C15H17BrFN3O/c1-15(7-3-2-4-12(15)18)14-19-13(20-21-14)9-5-6-11(17)10(16)8-9/h5-6,8,12H,2-4,7,18H2,1H3. The fourth-order valence-corrected chi connectivity index (χ4v) is 3.21. The normalized spacial score (nSPS) is 26.0. The van der Waals surface area contributed by atoms with Crippen LogP contribution in [0.2, 0.25) is 0 Å². The number of aromatic nitrogens is 2. The van der Waals surface area contributed by atoms with Crippen LogP contribution in [0.3, 0.4) is 0 Å². The highest BCUT2D eigenvalue weighted by molar-refractivity contribution is 9.10. The summed E-state index contributed by atoms with van der Waals surface area (Å²) in [6.07, 6.45) is 4.17. The van der Waals surface area contributed by atoms with Gasteiger partial charge in [-0.25, -0.2) is 4.39 Å². The zero-order chi connectivity index (χ0) is 15.0. The quantitative estimate of drug-likeness (QED) is 0.891. The number of halogens is 2. The van der Waals surface area contributed by atoms with E-state index >= 15 is 0 Å². The molecule has 2 N–H and O–H groups in total. The van der Waals surface area contributed by atoms with Gasteiger partial charge in [0.1, 0.15) is 5.82 Å². The lowest BCUT2D eigenvalue weighted by atomic mass is 9.72. The van der Waals surface area contributed by atoms with Gasteiger partial charge in [-0.3, -0.25) is 0 Å². The predicted octanol–water partition coefficient (Wildman–Crippen LogP) is 3.80. The number of benzene rings is 1. The van der Waals surface area contributed by atoms with E-state index < -0.39 is 0 Å². The molecule has 1 aromatic carbocycles. The van der Waals surface area contributed by atoms with Gasteiger partial charge in [-0.15, -0.1) is 0 Å². The van der Waals surface area contributed by atoms with Crippen LogP contribution in [-0.4, -0.2) is 16.2 Å². The van der Waals surface area contributed by atoms with Crippen molar-refractivity contribution in [3.05, 3.63) is 34.4 Å². The number of rotatable bonds is 2. The summed E-state index contributed by atoms with van der Waals surface area (Å²) in [5, 5.41) is 4.03. The van der Waals surface area contributed by atoms with Gasteiger partial charge in [0.15, 0.2) is 0 Å². The lowest BCUT2D eigenvalue weighted by Gasteiger charge is -2.35. The minimum atomic E-state index is -0.316. The molecule has 0 radical (unpaired) electrons. The van der Waals surface area contributed by atoms with Crippen molar-refractivity contribution in [2.45, 2.75) is 44.1 Å². The Morgan fingerprint density at radius 3 is 2.95 bits per heavy atom. The van der Waals surface area contributed by atoms with Crippen molar-refractivity contribution in [3.8, 4) is 11.4 Å². The van der Waals surface area contributed by atoms with Crippen LogP contribution in [0.4, 0.5) is 4.39 Å². The molecule has 0 bridgehead atoms. The Kier molecular flexibility index (Phi) is 3.84. The first-order valence-corrected chi connectivity index (χ1v) is 7.85. The molecule has 0 aliphatic heterocycles. The predicted molar refractivity (Wildman–Crippen MR) is 81.2 cm³/mol. The third-order valence-electron chi connectivity index (χ3n) is 4.37. The van der Waals surface area contributed by atoms with Crippen molar-refractivity contribution in [1.29, 1.82) is 0 Å². The first kappa shape index (κ1) is 14.7. The first-order valence-electron chi connectivity index (χ1n) is 7.06. The fraction of sp³-hybridized carbons (Fsp3) is 0.467. The Labute approximate surface area is 131 Å². The number of hydrogen-bond donors (Lipinski definition) is 1. The summed E-state index contributed by atoms with van der Waals surface area (Å²) in [6.45, 7) is 2.08. The van der Waals surface area contributed by atoms with Gasteiger partial charge in [0.2, 0.25) is 11.7 Å². The van der Waals surface area contributed by atoms with E-state index in [9.17, 15) is 4.39 Å². The van der Waals surface area contributed by atoms with Crippen LogP contribution in [0, 0.1) is 5.82 Å². The van der Waals surface area contributed by atoms with Crippen molar-refractivity contribution in [2.75, 3.05) is 0 Å². The number of nitrogens with zero attached hydrogens (tertiary/aromatic N) is 2. The van der Waals surface area contributed by atoms with Gasteiger partial charge in [0.05, 0.1) is 9.89 Å². The fourth-order valence-electron chi connectivity index (χ4n) is 2.83. The Morgan fingerprint density at radius 1 is 1.43 bits per heavy atom. The zero-order valence-corrected chi connectivity index (χ0v) is 13.4. The molecule has 6 heteroatoms. The van der Waals surface area contributed by atoms with Gasteiger partial charge in [0, 0.05) is 11.6 Å². The average molecular weight is 354 g/mol. The van der Waals surface area contributed by atoms with E-state index in [4.69, 9.17) is 10.3 Å². The summed E-state index contributed by atoms with van der Waals surface area (Å²) in [5.74, 6) is 0.721. The van der Waals surface area contributed by atoms with Crippen LogP contribution >= 0.6 is 15.9 Å². The lowest BCUT2D eigenvalue weighted by Crippen LogP contribution is -2.45. The van der Waals surface area contributed by atoms with Crippen LogP contribution < -0.4 is 5.73 Å². The van der Waals surface area contributed by atoms with Crippen molar-refractivity contribution in [1.82, 2.24) is 10.1 Å². The van der Waals surface area contributed by atoms with E-state index in [1.54, 1.807) is 12.1 Å². The molecule has 1 aliphatic carbocycles. The largest absolute Gasteiger partial charge is 0.338 e. The molecular formula is C15H17BrFN3O. The summed E-state index contributed by atoms with van der Waals surface area (Å²) in [4.78, 5) is 4.50. The van der Waals surface area contributed by atoms with Crippen LogP contribution in [0.5, 0.6) is 0 Å². The van der Waals surface area contributed by atoms with E-state index in [1.165, 1.54) is 6.07 Å². The Morgan fingerprint density at radius 2 is 2.24 bits per heavy atom. The molecule has 1 fully saturated rings. The molecule has 0 saturated heterocycles. The second-order valence-corrected chi connectivity index (χ2v) is 6.68. The summed E-state index contributed by atoms with van der Waals surface area (Å²) in [5.41, 5.74) is 6.69. The van der Waals surface area contributed by atoms with Gasteiger partial charge in [-0.05, 0) is 53.9 Å². The molecule has 112 valence electrons. The minimum absolute atomic E-state index is 0.0273. The van der Waals surface area contributed by atoms with Crippen molar-refractivity contribution in [2.24, 2.45) is 5.73 Å². The van der Waals surface area contributed by atoms with Crippen LogP contribution in [0.15, 0.2) is 27.2 Å². The number of hydrogen-bond acceptors (Lipinski definition) is 4. The second-order valence-electron chi connectivity index (χ2n) is 5.82. The van der Waals surface area contributed by atoms with Gasteiger partial charge in [0.25, 0.3) is 0 Å². The van der Waals surface area contributed by atoms with E-state index in [0.29, 0.717) is 21.8 Å². The third-order valence-corrected chi connectivity index (χ3v) is 4.98. The number of nitrogens with two attached hydrogens (primary N) is 1. The van der Waals surface area contributed by atoms with Gasteiger partial charge in [-0.1, -0.05) is 18.0 Å². The van der Waals surface area contributed by atoms with Gasteiger partial charge < -0.3 is 10.3 Å². The molecule has 1 aromatic heterocycles. The molecule has 1 saturated carbocycles. The van der Waals surface area contributed by atoms with Gasteiger partial charge >= 0.3 is 0 Å². The third kappa shape index (κ3) is 2.62. The average Bonchev–Trinajstić information content (AvgIpc) is 2.95. The van der Waals surface area contributed by atoms with Gasteiger partial charge in [-0.2, -0.15) is 4.98 Å². The molecule has 3 rings (SSSR count). The highest BCUT2D eigenvalue weighted by Gasteiger charge is 2.40. The molecule has 0 amide bonds. The Bertz CT molecular complexity index is 660. The summed E-state index contributed by atoms with van der Waals surface area (Å²) < 4.78 is 19.1. The molecule has 2 atom stereocenters. The van der Waals surface area contributed by atoms with Crippen LogP contribution in [0.25, 0.3) is 11.4 Å². The van der Waals surface area contributed by atoms with Crippen LogP contribution in [-0.2, 0) is 5.41 Å². The highest BCUT2D eigenvalue weighted by Crippen LogP contribution is 2.38. The molecule has 1 heterocycles. The van der Waals surface area contributed by atoms with Crippen molar-refractivity contribution >= 4 is 15.9 Å². The molecule has 2 aromatic rings. The Balaban J connectivity index is 1.94. The molecule has 0 spiro atoms. The lowest BCUT2D eigenvalue weighted by molar-refractivity contribution is 0.203. The molecular weight excluding hydrogens is 337 g/mol. The van der Waals surface area contributed by atoms with Crippen molar-refractivity contribution in [3.63, 3.8) is 0 Å². The SMILES string of the molecule is CC1(c2nc(-c3ccc(F)c(Br)c3)no2)CCCCC1N. The van der Waals surface area contributed by atoms with E-state index in [2.05, 4.69) is 33.0 Å². The van der Waals surface area contributed by atoms with E-state index in [0.717, 1.165) is 25.7 Å². The monoisotopic (exact) mass is 353 g/mol. The second kappa shape index (κ2) is 5.50. The summed E-state index contributed by atoms with van der Waals surface area (Å²) in [7, 11) is 0. The van der Waals surface area contributed by atoms with E-state index in [1.807, 2.05) is 0 Å².